The highest BCUT2D eigenvalue weighted by atomic mass is 14.1. The van der Waals surface area contributed by atoms with Gasteiger partial charge in [-0.3, -0.25) is 0 Å². The van der Waals surface area contributed by atoms with Crippen molar-refractivity contribution in [2.75, 3.05) is 0 Å². The van der Waals surface area contributed by atoms with E-state index in [0.717, 1.165) is 6.42 Å². The molecule has 0 saturated carbocycles. The normalized spacial score (nSPS) is 15.2. The molecule has 0 N–H and O–H groups in total. The van der Waals surface area contributed by atoms with Crippen molar-refractivity contribution in [1.82, 2.24) is 0 Å². The summed E-state index contributed by atoms with van der Waals surface area (Å²) in [6, 6.07) is 8.92. The van der Waals surface area contributed by atoms with E-state index in [-0.39, 0.29) is 0 Å². The first kappa shape index (κ1) is 11.2. The molecule has 1 aliphatic rings. The molecule has 0 bridgehead atoms. The molecule has 0 aromatic heterocycles. The van der Waals surface area contributed by atoms with E-state index in [4.69, 9.17) is 0 Å². The maximum Gasteiger partial charge on any atom is 0.0134 e. The van der Waals surface area contributed by atoms with Crippen molar-refractivity contribution in [2.24, 2.45) is 0 Å². The van der Waals surface area contributed by atoms with Crippen LogP contribution in [0.25, 0.3) is 5.57 Å². The third-order valence-corrected chi connectivity index (χ3v) is 3.14. The Kier molecular flexibility index (Phi) is 3.28. The SMILES string of the molecule is CCC1=C[CH]C(c2ccc(C(C)C)cc2)=C1. The minimum Gasteiger partial charge on any atom is -0.0728 e. The molecule has 0 fully saturated rings. The number of allylic oxidation sites excluding steroid dienone is 4. The van der Waals surface area contributed by atoms with E-state index >= 15 is 0 Å². The first-order chi connectivity index (χ1) is 7.70. The summed E-state index contributed by atoms with van der Waals surface area (Å²) in [5.74, 6) is 0.611. The zero-order valence-electron chi connectivity index (χ0n) is 10.3. The third-order valence-electron chi connectivity index (χ3n) is 3.14. The Morgan fingerprint density at radius 3 is 2.25 bits per heavy atom. The third kappa shape index (κ3) is 2.27. The second kappa shape index (κ2) is 4.69. The van der Waals surface area contributed by atoms with Crippen molar-refractivity contribution in [3.05, 3.63) is 59.5 Å². The van der Waals surface area contributed by atoms with Crippen LogP contribution in [0.4, 0.5) is 0 Å². The Bertz CT molecular complexity index is 416. The average molecular weight is 211 g/mol. The van der Waals surface area contributed by atoms with Crippen LogP contribution in [0.1, 0.15) is 44.2 Å². The summed E-state index contributed by atoms with van der Waals surface area (Å²) in [5, 5.41) is 0. The number of hydrogen-bond donors (Lipinski definition) is 0. The molecule has 0 saturated heterocycles. The topological polar surface area (TPSA) is 0 Å². The van der Waals surface area contributed by atoms with Gasteiger partial charge in [0.2, 0.25) is 0 Å². The molecule has 1 aliphatic carbocycles. The fourth-order valence-electron chi connectivity index (χ4n) is 1.95. The molecule has 0 heteroatoms. The van der Waals surface area contributed by atoms with Gasteiger partial charge < -0.3 is 0 Å². The molecule has 0 heterocycles. The molecular formula is C16H19. The van der Waals surface area contributed by atoms with Gasteiger partial charge in [0.05, 0.1) is 0 Å². The van der Waals surface area contributed by atoms with E-state index < -0.39 is 0 Å². The summed E-state index contributed by atoms with van der Waals surface area (Å²) < 4.78 is 0. The minimum absolute atomic E-state index is 0.611. The Morgan fingerprint density at radius 2 is 1.75 bits per heavy atom. The molecule has 83 valence electrons. The van der Waals surface area contributed by atoms with E-state index in [1.54, 1.807) is 0 Å². The lowest BCUT2D eigenvalue weighted by molar-refractivity contribution is 0.866. The van der Waals surface area contributed by atoms with Crippen molar-refractivity contribution < 1.29 is 0 Å². The Balaban J connectivity index is 2.18. The average Bonchev–Trinajstić information content (AvgIpc) is 2.77. The van der Waals surface area contributed by atoms with Crippen molar-refractivity contribution in [3.63, 3.8) is 0 Å². The van der Waals surface area contributed by atoms with Gasteiger partial charge in [-0.1, -0.05) is 62.8 Å². The second-order valence-corrected chi connectivity index (χ2v) is 4.64. The van der Waals surface area contributed by atoms with E-state index in [9.17, 15) is 0 Å². The van der Waals surface area contributed by atoms with E-state index in [1.165, 1.54) is 22.3 Å². The lowest BCUT2D eigenvalue weighted by Gasteiger charge is -2.07. The smallest absolute Gasteiger partial charge is 0.0134 e. The quantitative estimate of drug-likeness (QED) is 0.677. The fourth-order valence-corrected chi connectivity index (χ4v) is 1.95. The van der Waals surface area contributed by atoms with Gasteiger partial charge in [-0.05, 0) is 29.0 Å². The highest BCUT2D eigenvalue weighted by Crippen LogP contribution is 2.28. The van der Waals surface area contributed by atoms with Crippen LogP contribution in [0.2, 0.25) is 0 Å². The molecule has 0 spiro atoms. The van der Waals surface area contributed by atoms with Crippen LogP contribution in [-0.4, -0.2) is 0 Å². The van der Waals surface area contributed by atoms with E-state index in [0.29, 0.717) is 5.92 Å². The molecule has 0 unspecified atom stereocenters. The Morgan fingerprint density at radius 1 is 1.06 bits per heavy atom. The summed E-state index contributed by atoms with van der Waals surface area (Å²) in [5.41, 5.74) is 5.49. The van der Waals surface area contributed by atoms with E-state index in [1.807, 2.05) is 0 Å². The fraction of sp³-hybridized carbons (Fsp3) is 0.312. The number of benzene rings is 1. The Labute approximate surface area is 98.7 Å². The highest BCUT2D eigenvalue weighted by molar-refractivity contribution is 5.79. The van der Waals surface area contributed by atoms with Crippen LogP contribution in [0.3, 0.4) is 0 Å². The van der Waals surface area contributed by atoms with Crippen LogP contribution in [0.15, 0.2) is 42.0 Å². The van der Waals surface area contributed by atoms with Crippen LogP contribution >= 0.6 is 0 Å². The molecule has 0 aliphatic heterocycles. The van der Waals surface area contributed by atoms with Gasteiger partial charge in [0, 0.05) is 6.42 Å². The zero-order valence-corrected chi connectivity index (χ0v) is 10.3. The second-order valence-electron chi connectivity index (χ2n) is 4.64. The molecule has 16 heavy (non-hydrogen) atoms. The summed E-state index contributed by atoms with van der Waals surface area (Å²) >= 11 is 0. The standard InChI is InChI=1S/C16H19/c1-4-13-5-6-16(11-13)15-9-7-14(8-10-15)12(2)3/h5-12H,4H2,1-3H3. The lowest BCUT2D eigenvalue weighted by Crippen LogP contribution is -1.88. The van der Waals surface area contributed by atoms with Crippen LogP contribution in [-0.2, 0) is 0 Å². The molecule has 0 nitrogen and oxygen atoms in total. The van der Waals surface area contributed by atoms with Gasteiger partial charge in [-0.2, -0.15) is 0 Å². The summed E-state index contributed by atoms with van der Waals surface area (Å²) in [7, 11) is 0. The summed E-state index contributed by atoms with van der Waals surface area (Å²) in [4.78, 5) is 0. The van der Waals surface area contributed by atoms with Crippen molar-refractivity contribution in [3.8, 4) is 0 Å². The summed E-state index contributed by atoms with van der Waals surface area (Å²) in [6.07, 6.45) is 7.82. The van der Waals surface area contributed by atoms with E-state index in [2.05, 4.69) is 63.6 Å². The molecule has 2 rings (SSSR count). The highest BCUT2D eigenvalue weighted by Gasteiger charge is 2.08. The zero-order chi connectivity index (χ0) is 11.5. The van der Waals surface area contributed by atoms with Crippen molar-refractivity contribution in [1.29, 1.82) is 0 Å². The number of rotatable bonds is 3. The maximum atomic E-state index is 2.28. The minimum atomic E-state index is 0.611. The first-order valence-corrected chi connectivity index (χ1v) is 6.06. The molecule has 1 radical (unpaired) electrons. The molecule has 1 aromatic rings. The maximum absolute atomic E-state index is 2.28. The van der Waals surface area contributed by atoms with Crippen LogP contribution < -0.4 is 0 Å². The predicted octanol–water partition coefficient (Wildman–Crippen LogP) is 4.75. The molecule has 0 atom stereocenters. The number of hydrogen-bond acceptors (Lipinski definition) is 0. The largest absolute Gasteiger partial charge is 0.0728 e. The van der Waals surface area contributed by atoms with Gasteiger partial charge in [0.25, 0.3) is 0 Å². The lowest BCUT2D eigenvalue weighted by atomic mass is 9.98. The van der Waals surface area contributed by atoms with Gasteiger partial charge >= 0.3 is 0 Å². The molecule has 1 aromatic carbocycles. The molecular weight excluding hydrogens is 192 g/mol. The first-order valence-electron chi connectivity index (χ1n) is 6.06. The van der Waals surface area contributed by atoms with Gasteiger partial charge in [-0.25, -0.2) is 0 Å². The van der Waals surface area contributed by atoms with Crippen molar-refractivity contribution in [2.45, 2.75) is 33.1 Å². The summed E-state index contributed by atoms with van der Waals surface area (Å²) in [6.45, 7) is 6.65. The van der Waals surface area contributed by atoms with Crippen molar-refractivity contribution >= 4 is 5.57 Å². The van der Waals surface area contributed by atoms with Gasteiger partial charge in [-0.15, -0.1) is 0 Å². The van der Waals surface area contributed by atoms with Crippen LogP contribution in [0, 0.1) is 6.42 Å². The van der Waals surface area contributed by atoms with Gasteiger partial charge in [0.15, 0.2) is 0 Å². The van der Waals surface area contributed by atoms with Crippen LogP contribution in [0.5, 0.6) is 0 Å². The van der Waals surface area contributed by atoms with Gasteiger partial charge in [0.1, 0.15) is 0 Å². The monoisotopic (exact) mass is 211 g/mol. The predicted molar refractivity (Wildman–Crippen MR) is 71.2 cm³/mol. The molecule has 0 amide bonds. The Hall–Kier alpha value is -1.30.